The molecule has 0 saturated carbocycles. The summed E-state index contributed by atoms with van der Waals surface area (Å²) in [5.41, 5.74) is 8.57. The van der Waals surface area contributed by atoms with E-state index in [1.165, 1.54) is 28.3 Å². The van der Waals surface area contributed by atoms with Crippen LogP contribution in [0.5, 0.6) is 11.5 Å². The lowest BCUT2D eigenvalue weighted by molar-refractivity contribution is -0.138. The van der Waals surface area contributed by atoms with E-state index in [2.05, 4.69) is 86.0 Å². The molecule has 1 radical (unpaired) electrons. The fourth-order valence-corrected chi connectivity index (χ4v) is 6.30. The third-order valence-corrected chi connectivity index (χ3v) is 8.44. The molecule has 3 aliphatic carbocycles. The molecule has 6 rings (SSSR count). The van der Waals surface area contributed by atoms with Crippen LogP contribution < -0.4 is 9.47 Å². The number of carbonyl (C=O) groups is 2. The molecule has 1 atom stereocenters. The number of benzene rings is 3. The van der Waals surface area contributed by atoms with Gasteiger partial charge in [-0.15, -0.1) is 0 Å². The van der Waals surface area contributed by atoms with Crippen molar-refractivity contribution in [2.75, 3.05) is 19.8 Å². The van der Waals surface area contributed by atoms with Crippen LogP contribution in [-0.4, -0.2) is 31.6 Å². The van der Waals surface area contributed by atoms with Gasteiger partial charge < -0.3 is 14.2 Å². The van der Waals surface area contributed by atoms with Gasteiger partial charge in [-0.3, -0.25) is 4.79 Å². The predicted octanol–water partition coefficient (Wildman–Crippen LogP) is 7.54. The van der Waals surface area contributed by atoms with E-state index in [9.17, 15) is 9.59 Å². The van der Waals surface area contributed by atoms with Crippen molar-refractivity contribution in [1.82, 2.24) is 0 Å². The van der Waals surface area contributed by atoms with Crippen LogP contribution in [0, 0.1) is 6.42 Å². The largest absolute Gasteiger partial charge is 0.493 e. The second kappa shape index (κ2) is 13.2. The maximum Gasteiger partial charge on any atom is 0.330 e. The van der Waals surface area contributed by atoms with Crippen molar-refractivity contribution in [3.8, 4) is 11.5 Å². The van der Waals surface area contributed by atoms with E-state index < -0.39 is 11.4 Å². The van der Waals surface area contributed by atoms with Crippen LogP contribution in [0.3, 0.4) is 0 Å². The Balaban J connectivity index is 1.34. The maximum atomic E-state index is 11.8. The van der Waals surface area contributed by atoms with Crippen LogP contribution in [-0.2, 0) is 26.2 Å². The molecule has 3 aliphatic rings. The fraction of sp³-hybridized carbons (Fsp3) is 0.175. The van der Waals surface area contributed by atoms with Crippen molar-refractivity contribution in [1.29, 1.82) is 0 Å². The lowest BCUT2D eigenvalue weighted by Crippen LogP contribution is -2.36. The zero-order valence-electron chi connectivity index (χ0n) is 25.2. The van der Waals surface area contributed by atoms with Crippen molar-refractivity contribution in [2.45, 2.75) is 24.7 Å². The van der Waals surface area contributed by atoms with E-state index in [0.717, 1.165) is 46.9 Å². The predicted molar refractivity (Wildman–Crippen MR) is 176 cm³/mol. The van der Waals surface area contributed by atoms with Gasteiger partial charge >= 0.3 is 5.97 Å². The molecule has 0 heterocycles. The van der Waals surface area contributed by atoms with Crippen LogP contribution in [0.15, 0.2) is 145 Å². The van der Waals surface area contributed by atoms with Gasteiger partial charge in [0.15, 0.2) is 5.78 Å². The molecule has 225 valence electrons. The summed E-state index contributed by atoms with van der Waals surface area (Å²) in [6.45, 7) is 7.87. The third-order valence-electron chi connectivity index (χ3n) is 8.44. The molecule has 0 N–H and O–H groups in total. The van der Waals surface area contributed by atoms with Gasteiger partial charge in [0.2, 0.25) is 0 Å². The number of ketones is 1. The molecule has 3 aromatic carbocycles. The topological polar surface area (TPSA) is 61.8 Å². The number of hydrogen-bond acceptors (Lipinski definition) is 5. The number of esters is 1. The number of allylic oxidation sites excluding steroid dienone is 8. The number of carbonyl (C=O) groups excluding carboxylic acids is 2. The molecule has 1 unspecified atom stereocenters. The van der Waals surface area contributed by atoms with Gasteiger partial charge in [-0.25, -0.2) is 4.79 Å². The number of fused-ring (bicyclic) bond motifs is 1. The summed E-state index contributed by atoms with van der Waals surface area (Å²) >= 11 is 0. The lowest BCUT2D eigenvalue weighted by Gasteiger charge is -2.42. The average molecular weight is 596 g/mol. The van der Waals surface area contributed by atoms with E-state index in [0.29, 0.717) is 18.8 Å². The summed E-state index contributed by atoms with van der Waals surface area (Å²) in [4.78, 5) is 23.2. The first-order valence-corrected chi connectivity index (χ1v) is 15.2. The minimum Gasteiger partial charge on any atom is -0.493 e. The van der Waals surface area contributed by atoms with Gasteiger partial charge in [0.05, 0.1) is 12.0 Å². The monoisotopic (exact) mass is 595 g/mol. The van der Waals surface area contributed by atoms with Gasteiger partial charge in [0.1, 0.15) is 24.7 Å². The molecule has 5 heteroatoms. The third kappa shape index (κ3) is 6.12. The van der Waals surface area contributed by atoms with E-state index in [-0.39, 0.29) is 19.0 Å². The molecular weight excluding hydrogens is 560 g/mol. The Kier molecular flexibility index (Phi) is 8.79. The van der Waals surface area contributed by atoms with Gasteiger partial charge in [-0.2, -0.15) is 0 Å². The summed E-state index contributed by atoms with van der Waals surface area (Å²) in [5.74, 6) is 0.980. The first kappa shape index (κ1) is 29.9. The molecule has 0 aliphatic heterocycles. The van der Waals surface area contributed by atoms with Gasteiger partial charge in [0, 0.05) is 24.5 Å². The van der Waals surface area contributed by atoms with Crippen LogP contribution in [0.4, 0.5) is 0 Å². The van der Waals surface area contributed by atoms with Crippen molar-refractivity contribution in [3.63, 3.8) is 0 Å². The molecule has 45 heavy (non-hydrogen) atoms. The van der Waals surface area contributed by atoms with E-state index >= 15 is 0 Å². The van der Waals surface area contributed by atoms with E-state index in [1.54, 1.807) is 0 Å². The molecule has 5 nitrogen and oxygen atoms in total. The van der Waals surface area contributed by atoms with Gasteiger partial charge in [0.25, 0.3) is 0 Å². The number of ether oxygens (including phenoxy) is 3. The van der Waals surface area contributed by atoms with Crippen LogP contribution in [0.25, 0.3) is 0 Å². The summed E-state index contributed by atoms with van der Waals surface area (Å²) < 4.78 is 17.0. The molecule has 0 aromatic heterocycles. The highest BCUT2D eigenvalue weighted by Gasteiger charge is 2.44. The van der Waals surface area contributed by atoms with Crippen LogP contribution >= 0.6 is 0 Å². The first-order valence-electron chi connectivity index (χ1n) is 15.2. The van der Waals surface area contributed by atoms with Crippen LogP contribution in [0.2, 0.25) is 0 Å². The average Bonchev–Trinajstić information content (AvgIpc) is 3.89. The molecule has 3 aromatic rings. The molecular formula is C40H35O5. The summed E-state index contributed by atoms with van der Waals surface area (Å²) in [7, 11) is 0. The molecule has 0 bridgehead atoms. The maximum absolute atomic E-state index is 11.8. The van der Waals surface area contributed by atoms with Crippen molar-refractivity contribution in [3.05, 3.63) is 173 Å². The van der Waals surface area contributed by atoms with Crippen molar-refractivity contribution < 1.29 is 23.8 Å². The minimum absolute atomic E-state index is 0.0305. The highest BCUT2D eigenvalue weighted by molar-refractivity contribution is 6.11. The Morgan fingerprint density at radius 1 is 0.778 bits per heavy atom. The van der Waals surface area contributed by atoms with Crippen LogP contribution in [0.1, 0.15) is 35.1 Å². The summed E-state index contributed by atoms with van der Waals surface area (Å²) in [5, 5.41) is 0. The number of hydrogen-bond donors (Lipinski definition) is 0. The standard InChI is InChI=1S/C40H35O5/c1-3-38(41)35-27-28(35)22-23-43-33-18-14-31(15-19-33)40(32-16-20-34(21-17-32)44-24-25-45-39(42)4-2)36-12-7-5-6-10-29(36)26-30-11-8-9-13-37(30)40/h3-4,6-21,27H,1-2,5,22-26H2. The summed E-state index contributed by atoms with van der Waals surface area (Å²) in [6.07, 6.45) is 15.8. The fourth-order valence-electron chi connectivity index (χ4n) is 6.30. The normalized spacial score (nSPS) is 18.0. The smallest absolute Gasteiger partial charge is 0.330 e. The second-order valence-corrected chi connectivity index (χ2v) is 11.1. The quantitative estimate of drug-likeness (QED) is 0.116. The highest BCUT2D eigenvalue weighted by Crippen LogP contribution is 2.52. The Hall–Kier alpha value is -5.16. The first-order chi connectivity index (χ1) is 22.0. The Bertz CT molecular complexity index is 1750. The van der Waals surface area contributed by atoms with Crippen molar-refractivity contribution >= 4 is 11.8 Å². The number of rotatable bonds is 13. The Labute approximate surface area is 264 Å². The summed E-state index contributed by atoms with van der Waals surface area (Å²) in [6, 6.07) is 25.3. The Morgan fingerprint density at radius 3 is 2.13 bits per heavy atom. The van der Waals surface area contributed by atoms with E-state index in [1.807, 2.05) is 30.7 Å². The SMILES string of the molecule is C=CC(=O)OCCOc1ccc(C2(c3ccc(OCCC4=C(C(=O)C=C)[CH]4)cc3)C3=C(C=CCC=C3)Cc3ccccc32)cc1. The van der Waals surface area contributed by atoms with Gasteiger partial charge in [-0.1, -0.05) is 91.6 Å². The molecule has 0 spiro atoms. The van der Waals surface area contributed by atoms with E-state index in [4.69, 9.17) is 14.2 Å². The minimum atomic E-state index is -0.570. The molecule has 0 saturated heterocycles. The van der Waals surface area contributed by atoms with Gasteiger partial charge in [-0.05, 0) is 76.6 Å². The highest BCUT2D eigenvalue weighted by atomic mass is 16.6. The molecule has 0 fully saturated rings. The second-order valence-electron chi connectivity index (χ2n) is 11.1. The molecule has 0 amide bonds. The Morgan fingerprint density at radius 2 is 1.44 bits per heavy atom. The zero-order chi connectivity index (χ0) is 31.2. The zero-order valence-corrected chi connectivity index (χ0v) is 25.2. The lowest BCUT2D eigenvalue weighted by atomic mass is 9.59. The van der Waals surface area contributed by atoms with Crippen molar-refractivity contribution in [2.24, 2.45) is 0 Å².